The molecule has 1 N–H and O–H groups in total. The maximum atomic E-state index is 13.0. The summed E-state index contributed by atoms with van der Waals surface area (Å²) in [6, 6.07) is 5.23. The van der Waals surface area contributed by atoms with Crippen LogP contribution < -0.4 is 5.32 Å². The molecule has 10 heteroatoms. The third-order valence-corrected chi connectivity index (χ3v) is 4.74. The molecule has 0 aliphatic rings. The Hall–Kier alpha value is -2.31. The van der Waals surface area contributed by atoms with Crippen LogP contribution in [0.2, 0.25) is 5.02 Å². The van der Waals surface area contributed by atoms with Crippen molar-refractivity contribution in [1.82, 2.24) is 10.2 Å². The van der Waals surface area contributed by atoms with E-state index >= 15 is 0 Å². The van der Waals surface area contributed by atoms with Crippen LogP contribution in [0.3, 0.4) is 0 Å². The molecule has 136 valence electrons. The number of alkyl halides is 3. The molecular formula is C16H12ClF3N4OS. The van der Waals surface area contributed by atoms with Crippen LogP contribution in [0.15, 0.2) is 23.2 Å². The number of anilines is 1. The van der Waals surface area contributed by atoms with Gasteiger partial charge < -0.3 is 5.32 Å². The Morgan fingerprint density at radius 1 is 1.35 bits per heavy atom. The average Bonchev–Trinajstić information content (AvgIpc) is 2.56. The standard InChI is InChI=1S/C16H12ClF3N4OS/c1-8-9(2)23-24-15(10(8)6-21)26-7-13(25)22-14-11(16(18,19)20)4-3-5-12(14)17/h3-5H,7H2,1-2H3,(H,22,25). The van der Waals surface area contributed by atoms with Gasteiger partial charge in [0.05, 0.1) is 33.3 Å². The summed E-state index contributed by atoms with van der Waals surface area (Å²) in [5.74, 6) is -0.966. The van der Waals surface area contributed by atoms with Gasteiger partial charge in [0.15, 0.2) is 0 Å². The number of aromatic nitrogens is 2. The lowest BCUT2D eigenvalue weighted by molar-refractivity contribution is -0.137. The van der Waals surface area contributed by atoms with Crippen molar-refractivity contribution in [3.63, 3.8) is 0 Å². The second kappa shape index (κ2) is 7.93. The summed E-state index contributed by atoms with van der Waals surface area (Å²) in [5, 5.41) is 19.2. The Morgan fingerprint density at radius 3 is 2.65 bits per heavy atom. The van der Waals surface area contributed by atoms with E-state index < -0.39 is 23.3 Å². The van der Waals surface area contributed by atoms with E-state index in [1.54, 1.807) is 13.8 Å². The highest BCUT2D eigenvalue weighted by Crippen LogP contribution is 2.38. The summed E-state index contributed by atoms with van der Waals surface area (Å²) in [6.45, 7) is 3.40. The number of para-hydroxylation sites is 1. The molecule has 0 aliphatic heterocycles. The molecule has 0 radical (unpaired) electrons. The number of aryl methyl sites for hydroxylation is 1. The first-order valence-corrected chi connectivity index (χ1v) is 8.53. The number of carbonyl (C=O) groups is 1. The predicted octanol–water partition coefficient (Wildman–Crippen LogP) is 4.37. The lowest BCUT2D eigenvalue weighted by Gasteiger charge is -2.15. The van der Waals surface area contributed by atoms with Crippen LogP contribution >= 0.6 is 23.4 Å². The van der Waals surface area contributed by atoms with Gasteiger partial charge in [-0.05, 0) is 31.5 Å². The van der Waals surface area contributed by atoms with Crippen LogP contribution in [-0.2, 0) is 11.0 Å². The van der Waals surface area contributed by atoms with Gasteiger partial charge in [-0.25, -0.2) is 0 Å². The number of carbonyl (C=O) groups excluding carboxylic acids is 1. The molecule has 26 heavy (non-hydrogen) atoms. The summed E-state index contributed by atoms with van der Waals surface area (Å²) in [6.07, 6.45) is -4.66. The Labute approximate surface area is 156 Å². The smallest absolute Gasteiger partial charge is 0.324 e. The zero-order valence-corrected chi connectivity index (χ0v) is 15.2. The molecule has 0 atom stereocenters. The number of nitrogens with zero attached hydrogens (tertiary/aromatic N) is 3. The molecule has 5 nitrogen and oxygen atoms in total. The van der Waals surface area contributed by atoms with Crippen LogP contribution in [0.4, 0.5) is 18.9 Å². The molecule has 0 fully saturated rings. The second-order valence-corrected chi connectivity index (χ2v) is 6.57. The molecule has 0 saturated carbocycles. The summed E-state index contributed by atoms with van der Waals surface area (Å²) >= 11 is 6.70. The summed E-state index contributed by atoms with van der Waals surface area (Å²) in [5.41, 5.74) is -0.0351. The number of benzene rings is 1. The van der Waals surface area contributed by atoms with Crippen molar-refractivity contribution in [3.8, 4) is 6.07 Å². The van der Waals surface area contributed by atoms with Crippen LogP contribution in [0, 0.1) is 25.2 Å². The van der Waals surface area contributed by atoms with Crippen LogP contribution in [0.25, 0.3) is 0 Å². The zero-order valence-electron chi connectivity index (χ0n) is 13.6. The molecule has 1 amide bonds. The third kappa shape index (κ3) is 4.45. The van der Waals surface area contributed by atoms with Gasteiger partial charge in [-0.1, -0.05) is 29.4 Å². The van der Waals surface area contributed by atoms with Crippen molar-refractivity contribution in [2.75, 3.05) is 11.1 Å². The fourth-order valence-corrected chi connectivity index (χ4v) is 3.02. The van der Waals surface area contributed by atoms with Gasteiger partial charge in [0, 0.05) is 0 Å². The minimum atomic E-state index is -4.66. The van der Waals surface area contributed by atoms with E-state index in [0.717, 1.165) is 23.9 Å². The lowest BCUT2D eigenvalue weighted by Crippen LogP contribution is -2.18. The van der Waals surface area contributed by atoms with Gasteiger partial charge in [-0.15, -0.1) is 5.10 Å². The van der Waals surface area contributed by atoms with E-state index in [4.69, 9.17) is 11.6 Å². The van der Waals surface area contributed by atoms with Gasteiger partial charge >= 0.3 is 6.18 Å². The molecule has 0 spiro atoms. The van der Waals surface area contributed by atoms with Crippen molar-refractivity contribution in [2.24, 2.45) is 0 Å². The van der Waals surface area contributed by atoms with Crippen molar-refractivity contribution < 1.29 is 18.0 Å². The van der Waals surface area contributed by atoms with Gasteiger partial charge in [-0.3, -0.25) is 4.79 Å². The fourth-order valence-electron chi connectivity index (χ4n) is 2.02. The Bertz CT molecular complexity index is 896. The number of halogens is 4. The van der Waals surface area contributed by atoms with Crippen LogP contribution in [-0.4, -0.2) is 21.9 Å². The third-order valence-electron chi connectivity index (χ3n) is 3.46. The van der Waals surface area contributed by atoms with Crippen molar-refractivity contribution in [1.29, 1.82) is 5.26 Å². The van der Waals surface area contributed by atoms with Crippen molar-refractivity contribution >= 4 is 35.0 Å². The number of hydrogen-bond donors (Lipinski definition) is 1. The molecule has 1 aromatic carbocycles. The molecule has 0 bridgehead atoms. The fraction of sp³-hybridized carbons (Fsp3) is 0.250. The van der Waals surface area contributed by atoms with Crippen molar-refractivity contribution in [3.05, 3.63) is 45.6 Å². The van der Waals surface area contributed by atoms with E-state index in [1.165, 1.54) is 6.07 Å². The van der Waals surface area contributed by atoms with E-state index in [1.807, 2.05) is 6.07 Å². The Morgan fingerprint density at radius 2 is 2.04 bits per heavy atom. The monoisotopic (exact) mass is 400 g/mol. The van der Waals surface area contributed by atoms with Gasteiger partial charge in [0.2, 0.25) is 5.91 Å². The van der Waals surface area contributed by atoms with Gasteiger partial charge in [0.25, 0.3) is 0 Å². The quantitative estimate of drug-likeness (QED) is 0.771. The summed E-state index contributed by atoms with van der Waals surface area (Å²) < 4.78 is 39.1. The van der Waals surface area contributed by atoms with Crippen molar-refractivity contribution in [2.45, 2.75) is 25.0 Å². The SMILES string of the molecule is Cc1nnc(SCC(=O)Nc2c(Cl)cccc2C(F)(F)F)c(C#N)c1C. The maximum absolute atomic E-state index is 13.0. The average molecular weight is 401 g/mol. The molecule has 0 aliphatic carbocycles. The number of hydrogen-bond acceptors (Lipinski definition) is 5. The summed E-state index contributed by atoms with van der Waals surface area (Å²) in [7, 11) is 0. The van der Waals surface area contributed by atoms with Gasteiger partial charge in [0.1, 0.15) is 11.1 Å². The van der Waals surface area contributed by atoms with E-state index in [9.17, 15) is 23.2 Å². The van der Waals surface area contributed by atoms with Crippen LogP contribution in [0.1, 0.15) is 22.4 Å². The van der Waals surface area contributed by atoms with Gasteiger partial charge in [-0.2, -0.15) is 23.5 Å². The summed E-state index contributed by atoms with van der Waals surface area (Å²) in [4.78, 5) is 12.1. The normalized spacial score (nSPS) is 11.1. The minimum Gasteiger partial charge on any atom is -0.324 e. The second-order valence-electron chi connectivity index (χ2n) is 5.20. The van der Waals surface area contributed by atoms with E-state index in [0.29, 0.717) is 11.3 Å². The number of thioether (sulfide) groups is 1. The molecule has 1 aromatic heterocycles. The molecule has 2 rings (SSSR count). The number of nitrogens with one attached hydrogen (secondary N) is 1. The van der Waals surface area contributed by atoms with E-state index in [-0.39, 0.29) is 21.4 Å². The first-order chi connectivity index (χ1) is 12.1. The molecule has 0 saturated heterocycles. The molecular weight excluding hydrogens is 389 g/mol. The highest BCUT2D eigenvalue weighted by molar-refractivity contribution is 8.00. The predicted molar refractivity (Wildman–Crippen MR) is 92.0 cm³/mol. The first kappa shape index (κ1) is 20.0. The minimum absolute atomic E-state index is 0.220. The maximum Gasteiger partial charge on any atom is 0.418 e. The Balaban J connectivity index is 2.17. The topological polar surface area (TPSA) is 78.7 Å². The Kier molecular flexibility index (Phi) is 6.10. The highest BCUT2D eigenvalue weighted by Gasteiger charge is 2.34. The largest absolute Gasteiger partial charge is 0.418 e. The number of amides is 1. The van der Waals surface area contributed by atoms with Crippen LogP contribution in [0.5, 0.6) is 0 Å². The molecule has 0 unspecified atom stereocenters. The number of nitriles is 1. The highest BCUT2D eigenvalue weighted by atomic mass is 35.5. The molecule has 2 aromatic rings. The number of rotatable bonds is 4. The molecule has 1 heterocycles. The lowest BCUT2D eigenvalue weighted by atomic mass is 10.1. The first-order valence-electron chi connectivity index (χ1n) is 7.17. The van der Waals surface area contributed by atoms with E-state index in [2.05, 4.69) is 15.5 Å². The zero-order chi connectivity index (χ0) is 19.5.